The summed E-state index contributed by atoms with van der Waals surface area (Å²) in [5.74, 6) is -0.124. The first kappa shape index (κ1) is 15.0. The van der Waals surface area contributed by atoms with E-state index in [1.54, 1.807) is 12.1 Å². The molecule has 0 fully saturated rings. The summed E-state index contributed by atoms with van der Waals surface area (Å²) in [7, 11) is 0. The maximum Gasteiger partial charge on any atom is 0.407 e. The molecule has 0 aliphatic carbocycles. The van der Waals surface area contributed by atoms with Gasteiger partial charge in [-0.2, -0.15) is 0 Å². The van der Waals surface area contributed by atoms with Gasteiger partial charge in [-0.3, -0.25) is 4.79 Å². The minimum atomic E-state index is -0.503. The Morgan fingerprint density at radius 3 is 2.84 bits per heavy atom. The van der Waals surface area contributed by atoms with Crippen LogP contribution in [0.15, 0.2) is 24.3 Å². The molecule has 5 heteroatoms. The number of phenols is 1. The van der Waals surface area contributed by atoms with Gasteiger partial charge < -0.3 is 15.2 Å². The summed E-state index contributed by atoms with van der Waals surface area (Å²) in [5, 5.41) is 11.8. The third kappa shape index (κ3) is 5.90. The highest BCUT2D eigenvalue weighted by Crippen LogP contribution is 2.12. The maximum absolute atomic E-state index is 11.7. The lowest BCUT2D eigenvalue weighted by Gasteiger charge is -2.06. The van der Waals surface area contributed by atoms with Crippen molar-refractivity contribution in [1.29, 1.82) is 0 Å². The number of phenolic OH excluding ortho intramolecular Hbond substituents is 1. The van der Waals surface area contributed by atoms with E-state index in [1.165, 1.54) is 12.1 Å². The quantitative estimate of drug-likeness (QED) is 0.586. The topological polar surface area (TPSA) is 75.6 Å². The van der Waals surface area contributed by atoms with Crippen molar-refractivity contribution in [3.8, 4) is 5.75 Å². The van der Waals surface area contributed by atoms with Crippen molar-refractivity contribution in [1.82, 2.24) is 5.32 Å². The standard InChI is InChI=1S/C14H19NO4/c1-2-3-8-15-14(18)19-9-7-13(17)11-5-4-6-12(16)10-11/h4-6,10,16H,2-3,7-9H2,1H3,(H,15,18). The highest BCUT2D eigenvalue weighted by atomic mass is 16.5. The summed E-state index contributed by atoms with van der Waals surface area (Å²) >= 11 is 0. The van der Waals surface area contributed by atoms with E-state index in [4.69, 9.17) is 4.74 Å². The average Bonchev–Trinajstić information content (AvgIpc) is 2.39. The molecule has 104 valence electrons. The summed E-state index contributed by atoms with van der Waals surface area (Å²) in [6, 6.07) is 6.10. The van der Waals surface area contributed by atoms with E-state index in [2.05, 4.69) is 5.32 Å². The number of Topliss-reactive ketones (excluding diaryl/α,β-unsaturated/α-hetero) is 1. The fourth-order valence-corrected chi connectivity index (χ4v) is 1.48. The van der Waals surface area contributed by atoms with Gasteiger partial charge in [-0.05, 0) is 18.6 Å². The van der Waals surface area contributed by atoms with E-state index in [0.29, 0.717) is 12.1 Å². The van der Waals surface area contributed by atoms with Crippen molar-refractivity contribution >= 4 is 11.9 Å². The summed E-state index contributed by atoms with van der Waals surface area (Å²) in [6.45, 7) is 2.64. The molecule has 0 aliphatic heterocycles. The second kappa shape index (κ2) is 8.13. The molecule has 0 saturated heterocycles. The van der Waals surface area contributed by atoms with Crippen LogP contribution in [0, 0.1) is 0 Å². The van der Waals surface area contributed by atoms with E-state index in [9.17, 15) is 14.7 Å². The van der Waals surface area contributed by atoms with Gasteiger partial charge in [-0.15, -0.1) is 0 Å². The van der Waals surface area contributed by atoms with Crippen molar-refractivity contribution in [2.24, 2.45) is 0 Å². The lowest BCUT2D eigenvalue weighted by molar-refractivity contribution is 0.0933. The number of alkyl carbamates (subject to hydrolysis) is 1. The van der Waals surface area contributed by atoms with Crippen LogP contribution in [0.25, 0.3) is 0 Å². The maximum atomic E-state index is 11.7. The molecular weight excluding hydrogens is 246 g/mol. The molecule has 0 saturated carbocycles. The van der Waals surface area contributed by atoms with Gasteiger partial charge in [-0.25, -0.2) is 4.79 Å². The van der Waals surface area contributed by atoms with Gasteiger partial charge in [0.15, 0.2) is 5.78 Å². The SMILES string of the molecule is CCCCNC(=O)OCCC(=O)c1cccc(O)c1. The molecule has 0 aromatic heterocycles. The lowest BCUT2D eigenvalue weighted by Crippen LogP contribution is -2.26. The van der Waals surface area contributed by atoms with Crippen molar-refractivity contribution in [3.63, 3.8) is 0 Å². The number of nitrogens with one attached hydrogen (secondary N) is 1. The molecule has 2 N–H and O–H groups in total. The van der Waals surface area contributed by atoms with Crippen LogP contribution in [0.5, 0.6) is 5.75 Å². The summed E-state index contributed by atoms with van der Waals surface area (Å²) in [6.07, 6.45) is 1.50. The highest BCUT2D eigenvalue weighted by molar-refractivity contribution is 5.96. The minimum absolute atomic E-state index is 0.0342. The molecule has 1 aromatic carbocycles. The van der Waals surface area contributed by atoms with Gasteiger partial charge in [-0.1, -0.05) is 25.5 Å². The number of ether oxygens (including phenoxy) is 1. The lowest BCUT2D eigenvalue weighted by atomic mass is 10.1. The summed E-state index contributed by atoms with van der Waals surface area (Å²) in [5.41, 5.74) is 0.412. The zero-order valence-corrected chi connectivity index (χ0v) is 11.0. The average molecular weight is 265 g/mol. The molecule has 0 aliphatic rings. The molecule has 0 heterocycles. The van der Waals surface area contributed by atoms with E-state index < -0.39 is 6.09 Å². The van der Waals surface area contributed by atoms with E-state index in [-0.39, 0.29) is 24.6 Å². The molecule has 0 unspecified atom stereocenters. The van der Waals surface area contributed by atoms with Crippen LogP contribution in [0.3, 0.4) is 0 Å². The molecule has 0 radical (unpaired) electrons. The Kier molecular flexibility index (Phi) is 6.43. The fourth-order valence-electron chi connectivity index (χ4n) is 1.48. The molecule has 0 atom stereocenters. The first-order chi connectivity index (χ1) is 9.13. The van der Waals surface area contributed by atoms with Crippen LogP contribution < -0.4 is 5.32 Å². The Morgan fingerprint density at radius 2 is 2.16 bits per heavy atom. The number of unbranched alkanes of at least 4 members (excludes halogenated alkanes) is 1. The molecule has 1 amide bonds. The number of carbonyl (C=O) groups excluding carboxylic acids is 2. The third-order valence-corrected chi connectivity index (χ3v) is 2.53. The molecule has 0 bridgehead atoms. The number of carbonyl (C=O) groups is 2. The predicted molar refractivity (Wildman–Crippen MR) is 71.3 cm³/mol. The second-order valence-electron chi connectivity index (χ2n) is 4.14. The van der Waals surface area contributed by atoms with E-state index in [1.807, 2.05) is 6.92 Å². The molecule has 1 rings (SSSR count). The van der Waals surface area contributed by atoms with Crippen molar-refractivity contribution in [2.45, 2.75) is 26.2 Å². The smallest absolute Gasteiger partial charge is 0.407 e. The number of benzene rings is 1. The van der Waals surface area contributed by atoms with Crippen molar-refractivity contribution in [3.05, 3.63) is 29.8 Å². The summed E-state index contributed by atoms with van der Waals surface area (Å²) < 4.78 is 4.88. The Balaban J connectivity index is 2.25. The number of ketones is 1. The van der Waals surface area contributed by atoms with Gasteiger partial charge in [0.05, 0.1) is 0 Å². The van der Waals surface area contributed by atoms with Gasteiger partial charge in [0.25, 0.3) is 0 Å². The molecular formula is C14H19NO4. The van der Waals surface area contributed by atoms with Crippen molar-refractivity contribution in [2.75, 3.05) is 13.2 Å². The Hall–Kier alpha value is -2.04. The Labute approximate surface area is 112 Å². The Morgan fingerprint density at radius 1 is 1.37 bits per heavy atom. The second-order valence-corrected chi connectivity index (χ2v) is 4.14. The molecule has 5 nitrogen and oxygen atoms in total. The van der Waals surface area contributed by atoms with Crippen LogP contribution in [-0.2, 0) is 4.74 Å². The highest BCUT2D eigenvalue weighted by Gasteiger charge is 2.08. The third-order valence-electron chi connectivity index (χ3n) is 2.53. The van der Waals surface area contributed by atoms with Crippen LogP contribution in [-0.4, -0.2) is 30.1 Å². The monoisotopic (exact) mass is 265 g/mol. The van der Waals surface area contributed by atoms with E-state index in [0.717, 1.165) is 12.8 Å². The largest absolute Gasteiger partial charge is 0.508 e. The molecule has 19 heavy (non-hydrogen) atoms. The zero-order chi connectivity index (χ0) is 14.1. The summed E-state index contributed by atoms with van der Waals surface area (Å²) in [4.78, 5) is 22.9. The zero-order valence-electron chi connectivity index (χ0n) is 11.0. The fraction of sp³-hybridized carbons (Fsp3) is 0.429. The Bertz CT molecular complexity index is 431. The first-order valence-electron chi connectivity index (χ1n) is 6.36. The van der Waals surface area contributed by atoms with Gasteiger partial charge in [0.2, 0.25) is 0 Å². The van der Waals surface area contributed by atoms with Gasteiger partial charge in [0, 0.05) is 18.5 Å². The minimum Gasteiger partial charge on any atom is -0.508 e. The molecule has 0 spiro atoms. The normalized spacial score (nSPS) is 9.95. The van der Waals surface area contributed by atoms with E-state index >= 15 is 0 Å². The number of aromatic hydroxyl groups is 1. The molecule has 1 aromatic rings. The van der Waals surface area contributed by atoms with Crippen LogP contribution in [0.1, 0.15) is 36.5 Å². The van der Waals surface area contributed by atoms with Gasteiger partial charge in [0.1, 0.15) is 12.4 Å². The number of rotatable bonds is 7. The number of amides is 1. The van der Waals surface area contributed by atoms with Crippen LogP contribution in [0.2, 0.25) is 0 Å². The van der Waals surface area contributed by atoms with Crippen molar-refractivity contribution < 1.29 is 19.4 Å². The predicted octanol–water partition coefficient (Wildman–Crippen LogP) is 2.49. The first-order valence-corrected chi connectivity index (χ1v) is 6.36. The van der Waals surface area contributed by atoms with Crippen LogP contribution >= 0.6 is 0 Å². The number of hydrogen-bond donors (Lipinski definition) is 2. The van der Waals surface area contributed by atoms with Gasteiger partial charge >= 0.3 is 6.09 Å². The number of hydrogen-bond acceptors (Lipinski definition) is 4. The van der Waals surface area contributed by atoms with Crippen LogP contribution in [0.4, 0.5) is 4.79 Å².